The normalized spacial score (nSPS) is 10.5. The molecular formula is C13H9KN2O2. The number of fused-ring (bicyclic) bond motifs is 3. The molecule has 2 aromatic heterocycles. The second kappa shape index (κ2) is 5.11. The summed E-state index contributed by atoms with van der Waals surface area (Å²) >= 11 is 0. The first kappa shape index (κ1) is 13.7. The SMILES string of the molecule is Cn1c2ccccc2c2cc(C(=O)[O-])ncc21.[K+]. The fraction of sp³-hybridized carbons (Fsp3) is 0.0769. The van der Waals surface area contributed by atoms with Gasteiger partial charge < -0.3 is 14.5 Å². The molecule has 0 aliphatic rings. The third kappa shape index (κ3) is 2.02. The predicted octanol–water partition coefficient (Wildman–Crippen LogP) is -1.91. The third-order valence-corrected chi connectivity index (χ3v) is 3.01. The van der Waals surface area contributed by atoms with Crippen molar-refractivity contribution in [1.29, 1.82) is 0 Å². The Morgan fingerprint density at radius 3 is 2.67 bits per heavy atom. The van der Waals surface area contributed by atoms with Gasteiger partial charge >= 0.3 is 51.4 Å². The average molecular weight is 264 g/mol. The number of aromatic carboxylic acids is 1. The first-order valence-corrected chi connectivity index (χ1v) is 5.23. The number of carbonyl (C=O) groups excluding carboxylic acids is 1. The standard InChI is InChI=1S/C13H10N2O2.K/c1-15-11-5-3-2-4-8(11)9-6-10(13(16)17)14-7-12(9)15;/h2-7H,1H3,(H,16,17);/q;+1/p-1. The minimum Gasteiger partial charge on any atom is -0.543 e. The van der Waals surface area contributed by atoms with Crippen molar-refractivity contribution in [3.63, 3.8) is 0 Å². The number of pyridine rings is 1. The van der Waals surface area contributed by atoms with Gasteiger partial charge in [-0.15, -0.1) is 0 Å². The number of carbonyl (C=O) groups is 1. The largest absolute Gasteiger partial charge is 1.00 e. The van der Waals surface area contributed by atoms with E-state index in [4.69, 9.17) is 0 Å². The van der Waals surface area contributed by atoms with Crippen LogP contribution in [-0.4, -0.2) is 15.5 Å². The second-order valence-corrected chi connectivity index (χ2v) is 3.95. The van der Waals surface area contributed by atoms with Crippen molar-refractivity contribution in [3.05, 3.63) is 42.2 Å². The van der Waals surface area contributed by atoms with E-state index in [1.165, 1.54) is 0 Å². The van der Waals surface area contributed by atoms with Crippen LogP contribution < -0.4 is 56.5 Å². The summed E-state index contributed by atoms with van der Waals surface area (Å²) in [6.07, 6.45) is 1.57. The maximum Gasteiger partial charge on any atom is 1.00 e. The van der Waals surface area contributed by atoms with E-state index in [0.29, 0.717) is 0 Å². The molecule has 0 fully saturated rings. The van der Waals surface area contributed by atoms with Crippen molar-refractivity contribution in [1.82, 2.24) is 9.55 Å². The average Bonchev–Trinajstić information content (AvgIpc) is 2.64. The molecule has 0 atom stereocenters. The molecule has 0 amide bonds. The molecule has 0 spiro atoms. The van der Waals surface area contributed by atoms with Crippen LogP contribution in [0.5, 0.6) is 0 Å². The number of para-hydroxylation sites is 1. The topological polar surface area (TPSA) is 58.0 Å². The van der Waals surface area contributed by atoms with Gasteiger partial charge in [0.05, 0.1) is 23.4 Å². The van der Waals surface area contributed by atoms with E-state index in [1.54, 1.807) is 12.3 Å². The molecule has 0 aliphatic carbocycles. The van der Waals surface area contributed by atoms with Crippen LogP contribution >= 0.6 is 0 Å². The van der Waals surface area contributed by atoms with Gasteiger partial charge in [-0.3, -0.25) is 4.98 Å². The van der Waals surface area contributed by atoms with Crippen LogP contribution in [0.4, 0.5) is 0 Å². The van der Waals surface area contributed by atoms with Gasteiger partial charge in [0.1, 0.15) is 0 Å². The molecular weight excluding hydrogens is 255 g/mol. The van der Waals surface area contributed by atoms with E-state index in [-0.39, 0.29) is 57.1 Å². The maximum absolute atomic E-state index is 10.8. The summed E-state index contributed by atoms with van der Waals surface area (Å²) in [7, 11) is 1.94. The summed E-state index contributed by atoms with van der Waals surface area (Å²) in [5.74, 6) is -1.25. The Morgan fingerprint density at radius 1 is 1.22 bits per heavy atom. The first-order valence-electron chi connectivity index (χ1n) is 5.23. The number of nitrogens with zero attached hydrogens (tertiary/aromatic N) is 2. The van der Waals surface area contributed by atoms with Crippen molar-refractivity contribution in [3.8, 4) is 0 Å². The van der Waals surface area contributed by atoms with Crippen molar-refractivity contribution in [2.45, 2.75) is 0 Å². The van der Waals surface area contributed by atoms with E-state index in [0.717, 1.165) is 21.8 Å². The second-order valence-electron chi connectivity index (χ2n) is 3.95. The van der Waals surface area contributed by atoms with Crippen molar-refractivity contribution in [2.75, 3.05) is 0 Å². The molecule has 84 valence electrons. The van der Waals surface area contributed by atoms with Crippen molar-refractivity contribution in [2.24, 2.45) is 7.05 Å². The summed E-state index contributed by atoms with van der Waals surface area (Å²) in [5.41, 5.74) is 1.94. The quantitative estimate of drug-likeness (QED) is 0.482. The van der Waals surface area contributed by atoms with Gasteiger partial charge in [0.25, 0.3) is 0 Å². The molecule has 3 aromatic rings. The number of hydrogen-bond donors (Lipinski definition) is 0. The molecule has 1 aromatic carbocycles. The van der Waals surface area contributed by atoms with Crippen LogP contribution in [-0.2, 0) is 7.05 Å². The van der Waals surface area contributed by atoms with Gasteiger partial charge in [0.2, 0.25) is 0 Å². The molecule has 0 bridgehead atoms. The summed E-state index contributed by atoms with van der Waals surface area (Å²) in [4.78, 5) is 14.7. The smallest absolute Gasteiger partial charge is 0.543 e. The molecule has 5 heteroatoms. The monoisotopic (exact) mass is 264 g/mol. The van der Waals surface area contributed by atoms with Gasteiger partial charge in [-0.25, -0.2) is 0 Å². The molecule has 0 radical (unpaired) electrons. The minimum atomic E-state index is -1.25. The Kier molecular flexibility index (Phi) is 3.89. The van der Waals surface area contributed by atoms with Gasteiger partial charge in [-0.1, -0.05) is 18.2 Å². The van der Waals surface area contributed by atoms with Crippen LogP contribution in [0.25, 0.3) is 21.8 Å². The number of aryl methyl sites for hydroxylation is 1. The Balaban J connectivity index is 0.00000120. The fourth-order valence-electron chi connectivity index (χ4n) is 2.17. The molecule has 0 unspecified atom stereocenters. The maximum atomic E-state index is 10.8. The minimum absolute atomic E-state index is 0. The van der Waals surface area contributed by atoms with Crippen LogP contribution in [0.2, 0.25) is 0 Å². The molecule has 3 rings (SSSR count). The molecule has 0 saturated heterocycles. The summed E-state index contributed by atoms with van der Waals surface area (Å²) in [6, 6.07) is 9.41. The summed E-state index contributed by atoms with van der Waals surface area (Å²) in [5, 5.41) is 12.7. The zero-order valence-corrected chi connectivity index (χ0v) is 13.3. The van der Waals surface area contributed by atoms with Gasteiger partial charge in [-0.2, -0.15) is 0 Å². The van der Waals surface area contributed by atoms with Gasteiger partial charge in [-0.05, 0) is 12.1 Å². The number of aromatic nitrogens is 2. The molecule has 2 heterocycles. The number of rotatable bonds is 1. The third-order valence-electron chi connectivity index (χ3n) is 3.01. The van der Waals surface area contributed by atoms with E-state index in [9.17, 15) is 9.90 Å². The van der Waals surface area contributed by atoms with Crippen LogP contribution in [0.3, 0.4) is 0 Å². The van der Waals surface area contributed by atoms with Crippen molar-refractivity contribution >= 4 is 27.8 Å². The van der Waals surface area contributed by atoms with Gasteiger partial charge in [0.15, 0.2) is 0 Å². The summed E-state index contributed by atoms with van der Waals surface area (Å²) < 4.78 is 2.00. The van der Waals surface area contributed by atoms with Gasteiger partial charge in [0, 0.05) is 23.3 Å². The summed E-state index contributed by atoms with van der Waals surface area (Å²) in [6.45, 7) is 0. The number of carboxylic acid groups (broad SMARTS) is 1. The van der Waals surface area contributed by atoms with Crippen molar-refractivity contribution < 1.29 is 61.3 Å². The molecule has 4 nitrogen and oxygen atoms in total. The Hall–Kier alpha value is -0.724. The van der Waals surface area contributed by atoms with Crippen LogP contribution in [0.15, 0.2) is 36.5 Å². The fourth-order valence-corrected chi connectivity index (χ4v) is 2.17. The zero-order valence-electron chi connectivity index (χ0n) is 10.2. The molecule has 0 aliphatic heterocycles. The van der Waals surface area contributed by atoms with Crippen LogP contribution in [0, 0.1) is 0 Å². The molecule has 0 saturated carbocycles. The van der Waals surface area contributed by atoms with E-state index >= 15 is 0 Å². The Labute approximate surface area is 146 Å². The molecule has 0 N–H and O–H groups in total. The zero-order chi connectivity index (χ0) is 12.0. The van der Waals surface area contributed by atoms with E-state index in [2.05, 4.69) is 4.98 Å². The Morgan fingerprint density at radius 2 is 1.94 bits per heavy atom. The van der Waals surface area contributed by atoms with Crippen LogP contribution in [0.1, 0.15) is 10.5 Å². The molecule has 18 heavy (non-hydrogen) atoms. The number of hydrogen-bond acceptors (Lipinski definition) is 3. The first-order chi connectivity index (χ1) is 8.18. The Bertz CT molecular complexity index is 749. The van der Waals surface area contributed by atoms with E-state index in [1.807, 2.05) is 35.9 Å². The number of carboxylic acids is 1. The van der Waals surface area contributed by atoms with E-state index < -0.39 is 5.97 Å². The number of benzene rings is 1. The predicted molar refractivity (Wildman–Crippen MR) is 62.6 cm³/mol.